The van der Waals surface area contributed by atoms with Gasteiger partial charge in [0.05, 0.1) is 20.5 Å². The third-order valence-corrected chi connectivity index (χ3v) is 8.29. The Kier molecular flexibility index (Phi) is 6.89. The molecule has 1 unspecified atom stereocenters. The molecular weight excluding hydrogens is 485 g/mol. The van der Waals surface area contributed by atoms with Crippen molar-refractivity contribution in [2.24, 2.45) is 0 Å². The Balaban J connectivity index is 1.38. The summed E-state index contributed by atoms with van der Waals surface area (Å²) < 4.78 is 13.8. The minimum Gasteiger partial charge on any atom is -0.350 e. The highest BCUT2D eigenvalue weighted by molar-refractivity contribution is 7.15. The molecule has 1 aliphatic heterocycles. The zero-order valence-electron chi connectivity index (χ0n) is 19.5. The number of nitrogens with zero attached hydrogens (tertiary/aromatic N) is 2. The Morgan fingerprint density at radius 3 is 2.74 bits per heavy atom. The zero-order chi connectivity index (χ0) is 24.5. The third kappa shape index (κ3) is 5.11. The van der Waals surface area contributed by atoms with Crippen LogP contribution in [0.2, 0.25) is 5.02 Å². The van der Waals surface area contributed by atoms with E-state index in [1.807, 2.05) is 30.0 Å². The molecule has 0 bridgehead atoms. The number of hydrogen-bond donors (Lipinski definition) is 1. The number of carbonyl (C=O) groups excluding carboxylic acids is 2. The van der Waals surface area contributed by atoms with E-state index in [1.165, 1.54) is 18.2 Å². The van der Waals surface area contributed by atoms with Crippen LogP contribution in [-0.2, 0) is 0 Å². The smallest absolute Gasteiger partial charge is 0.274 e. The predicted octanol–water partition coefficient (Wildman–Crippen LogP) is 6.21. The Hall–Kier alpha value is -2.77. The molecule has 1 atom stereocenters. The summed E-state index contributed by atoms with van der Waals surface area (Å²) in [6, 6.07) is 12.2. The molecule has 5 rings (SSSR count). The van der Waals surface area contributed by atoms with Crippen molar-refractivity contribution in [2.45, 2.75) is 51.0 Å². The fourth-order valence-electron chi connectivity index (χ4n) is 4.57. The van der Waals surface area contributed by atoms with Crippen LogP contribution in [-0.4, -0.2) is 40.8 Å². The van der Waals surface area contributed by atoms with Gasteiger partial charge in [0.2, 0.25) is 0 Å². The highest BCUT2D eigenvalue weighted by atomic mass is 35.5. The van der Waals surface area contributed by atoms with E-state index in [4.69, 9.17) is 16.6 Å². The molecule has 1 aromatic heterocycles. The number of amides is 2. The maximum Gasteiger partial charge on any atom is 0.274 e. The maximum absolute atomic E-state index is 13.8. The van der Waals surface area contributed by atoms with Gasteiger partial charge >= 0.3 is 0 Å². The molecule has 5 nitrogen and oxygen atoms in total. The molecular formula is C27H27ClFN3O2S. The lowest BCUT2D eigenvalue weighted by molar-refractivity contribution is 0.0598. The van der Waals surface area contributed by atoms with Gasteiger partial charge in [0.1, 0.15) is 11.5 Å². The van der Waals surface area contributed by atoms with E-state index in [1.54, 1.807) is 11.3 Å². The Labute approximate surface area is 213 Å². The fourth-order valence-corrected chi connectivity index (χ4v) is 6.00. The predicted molar refractivity (Wildman–Crippen MR) is 137 cm³/mol. The highest BCUT2D eigenvalue weighted by Crippen LogP contribution is 2.45. The molecule has 3 aromatic rings. The van der Waals surface area contributed by atoms with Crippen LogP contribution >= 0.6 is 22.9 Å². The Bertz CT molecular complexity index is 1270. The molecule has 2 fully saturated rings. The molecule has 8 heteroatoms. The lowest BCUT2D eigenvalue weighted by Gasteiger charge is -2.35. The van der Waals surface area contributed by atoms with Crippen molar-refractivity contribution in [3.63, 3.8) is 0 Å². The Morgan fingerprint density at radius 1 is 1.17 bits per heavy atom. The zero-order valence-corrected chi connectivity index (χ0v) is 21.1. The number of halogens is 2. The molecule has 1 aliphatic carbocycles. The summed E-state index contributed by atoms with van der Waals surface area (Å²) in [5, 5.41) is 3.70. The van der Waals surface area contributed by atoms with Crippen LogP contribution in [0, 0.1) is 12.7 Å². The number of aryl methyl sites for hydroxylation is 1. The average molecular weight is 512 g/mol. The Morgan fingerprint density at radius 2 is 1.97 bits per heavy atom. The molecule has 2 aliphatic rings. The van der Waals surface area contributed by atoms with Crippen LogP contribution in [0.5, 0.6) is 0 Å². The van der Waals surface area contributed by atoms with Gasteiger partial charge in [-0.15, -0.1) is 11.3 Å². The molecule has 182 valence electrons. The van der Waals surface area contributed by atoms with E-state index in [0.717, 1.165) is 53.1 Å². The van der Waals surface area contributed by atoms with Gasteiger partial charge < -0.3 is 10.2 Å². The van der Waals surface area contributed by atoms with Crippen LogP contribution in [0.25, 0.3) is 10.4 Å². The molecule has 1 saturated heterocycles. The summed E-state index contributed by atoms with van der Waals surface area (Å²) in [6.07, 6.45) is 4.90. The lowest BCUT2D eigenvalue weighted by Crippen LogP contribution is -2.49. The van der Waals surface area contributed by atoms with Gasteiger partial charge in [-0.25, -0.2) is 9.37 Å². The topological polar surface area (TPSA) is 62.3 Å². The summed E-state index contributed by atoms with van der Waals surface area (Å²) in [6.45, 7) is 2.93. The number of hydrogen-bond acceptors (Lipinski definition) is 4. The maximum atomic E-state index is 13.8. The molecule has 1 N–H and O–H groups in total. The molecule has 2 aromatic carbocycles. The van der Waals surface area contributed by atoms with Crippen molar-refractivity contribution < 1.29 is 14.0 Å². The first-order valence-corrected chi connectivity index (χ1v) is 13.2. The molecule has 35 heavy (non-hydrogen) atoms. The number of thiazole rings is 1. The first kappa shape index (κ1) is 23.9. The van der Waals surface area contributed by atoms with Gasteiger partial charge in [-0.3, -0.25) is 9.59 Å². The molecule has 2 amide bonds. The van der Waals surface area contributed by atoms with Crippen molar-refractivity contribution in [3.8, 4) is 10.4 Å². The van der Waals surface area contributed by atoms with E-state index in [9.17, 15) is 14.0 Å². The summed E-state index contributed by atoms with van der Waals surface area (Å²) >= 11 is 7.61. The van der Waals surface area contributed by atoms with Crippen molar-refractivity contribution in [1.82, 2.24) is 15.2 Å². The fraction of sp³-hybridized carbons (Fsp3) is 0.370. The third-order valence-electron chi connectivity index (χ3n) is 6.64. The molecule has 0 radical (unpaired) electrons. The second-order valence-corrected chi connectivity index (χ2v) is 10.7. The van der Waals surface area contributed by atoms with Gasteiger partial charge in [0.15, 0.2) is 0 Å². The van der Waals surface area contributed by atoms with Crippen LogP contribution in [0.3, 0.4) is 0 Å². The van der Waals surface area contributed by atoms with Gasteiger partial charge in [-0.1, -0.05) is 47.5 Å². The minimum absolute atomic E-state index is 0.0904. The lowest BCUT2D eigenvalue weighted by atomic mass is 10.0. The quantitative estimate of drug-likeness (QED) is 0.427. The second-order valence-electron chi connectivity index (χ2n) is 9.33. The second kappa shape index (κ2) is 10.1. The average Bonchev–Trinajstić information content (AvgIpc) is 3.62. The van der Waals surface area contributed by atoms with Crippen molar-refractivity contribution in [3.05, 3.63) is 75.1 Å². The normalized spacial score (nSPS) is 17.9. The first-order valence-electron chi connectivity index (χ1n) is 12.0. The summed E-state index contributed by atoms with van der Waals surface area (Å²) in [5.74, 6) is -0.713. The standard InChI is InChI=1S/C27H27ClFN3O2S/c1-16-6-4-7-18(14-16)24-23(31-26(35-24)17-11-12-17)27(34)32-13-3-2-8-19(32)15-30-25(33)20-9-5-10-21(29)22(20)28/h4-7,9-10,14,17,19H,2-3,8,11-13,15H2,1H3,(H,30,33). The van der Waals surface area contributed by atoms with Crippen LogP contribution in [0.1, 0.15) is 69.4 Å². The van der Waals surface area contributed by atoms with E-state index in [2.05, 4.69) is 11.4 Å². The van der Waals surface area contributed by atoms with Crippen molar-refractivity contribution in [2.75, 3.05) is 13.1 Å². The van der Waals surface area contributed by atoms with E-state index in [0.29, 0.717) is 18.2 Å². The van der Waals surface area contributed by atoms with Crippen LogP contribution in [0.15, 0.2) is 42.5 Å². The van der Waals surface area contributed by atoms with Crippen LogP contribution < -0.4 is 5.32 Å². The van der Waals surface area contributed by atoms with Crippen LogP contribution in [0.4, 0.5) is 4.39 Å². The van der Waals surface area contributed by atoms with Gasteiger partial charge in [-0.05, 0) is 56.7 Å². The SMILES string of the molecule is Cc1cccc(-c2sc(C3CC3)nc2C(=O)N2CCCCC2CNC(=O)c2cccc(F)c2Cl)c1. The monoisotopic (exact) mass is 511 g/mol. The van der Waals surface area contributed by atoms with Gasteiger partial charge in [-0.2, -0.15) is 0 Å². The number of carbonyl (C=O) groups is 2. The number of nitrogens with one attached hydrogen (secondary N) is 1. The summed E-state index contributed by atoms with van der Waals surface area (Å²) in [5.41, 5.74) is 2.75. The highest BCUT2D eigenvalue weighted by Gasteiger charge is 2.34. The number of piperidine rings is 1. The van der Waals surface area contributed by atoms with Gasteiger partial charge in [0.25, 0.3) is 11.8 Å². The van der Waals surface area contributed by atoms with Gasteiger partial charge in [0, 0.05) is 25.0 Å². The first-order chi connectivity index (χ1) is 16.9. The number of benzene rings is 2. The summed E-state index contributed by atoms with van der Waals surface area (Å²) in [4.78, 5) is 34.1. The van der Waals surface area contributed by atoms with E-state index in [-0.39, 0.29) is 29.1 Å². The number of aromatic nitrogens is 1. The molecule has 2 heterocycles. The minimum atomic E-state index is -0.632. The number of likely N-dealkylation sites (tertiary alicyclic amines) is 1. The molecule has 1 saturated carbocycles. The summed E-state index contributed by atoms with van der Waals surface area (Å²) in [7, 11) is 0. The van der Waals surface area contributed by atoms with Crippen molar-refractivity contribution in [1.29, 1.82) is 0 Å². The van der Waals surface area contributed by atoms with E-state index < -0.39 is 11.7 Å². The number of rotatable bonds is 6. The van der Waals surface area contributed by atoms with Crippen molar-refractivity contribution >= 4 is 34.8 Å². The largest absolute Gasteiger partial charge is 0.350 e. The molecule has 0 spiro atoms. The van der Waals surface area contributed by atoms with E-state index >= 15 is 0 Å².